The first kappa shape index (κ1) is 19.8. The fourth-order valence-corrected chi connectivity index (χ4v) is 7.32. The fourth-order valence-electron chi connectivity index (χ4n) is 7.32. The van der Waals surface area contributed by atoms with Gasteiger partial charge in [-0.25, -0.2) is 23.5 Å². The summed E-state index contributed by atoms with van der Waals surface area (Å²) in [5, 5.41) is 0. The molecule has 5 aliphatic rings. The molecule has 3 aliphatic heterocycles. The van der Waals surface area contributed by atoms with Gasteiger partial charge in [0, 0.05) is 5.92 Å². The molecule has 168 valence electrons. The first-order valence-electron chi connectivity index (χ1n) is 11.5. The predicted molar refractivity (Wildman–Crippen MR) is 116 cm³/mol. The molecule has 0 amide bonds. The van der Waals surface area contributed by atoms with Crippen LogP contribution in [0.4, 0.5) is 0 Å². The van der Waals surface area contributed by atoms with E-state index in [0.29, 0.717) is 31.7 Å². The quantitative estimate of drug-likeness (QED) is 0.539. The van der Waals surface area contributed by atoms with Gasteiger partial charge < -0.3 is 9.47 Å². The maximum atomic E-state index is 14.0. The Balaban J connectivity index is 1.75. The van der Waals surface area contributed by atoms with Crippen molar-refractivity contribution in [2.45, 2.75) is 50.6 Å². The van der Waals surface area contributed by atoms with E-state index in [2.05, 4.69) is 0 Å². The van der Waals surface area contributed by atoms with Crippen molar-refractivity contribution in [3.05, 3.63) is 62.4 Å². The van der Waals surface area contributed by atoms with Gasteiger partial charge in [-0.15, -0.1) is 0 Å². The molecule has 2 bridgehead atoms. The standard InChI is InChI=1S/C24H27N3O5/c1-3-23-17-13-31-14-18(17)24(12-8-11-16(24)19(23)20(28)32-4-2)27-22(30)25(21(29)26(23)27)15-9-6-5-7-10-15/h5-7,9-10,16,19H,3-4,8,11-14H2,1-2H3/t16-,19+,23+,24-/m0/s1. The number of carbonyl (C=O) groups excluding carboxylic acids is 1. The number of benzene rings is 1. The molecule has 0 radical (unpaired) electrons. The summed E-state index contributed by atoms with van der Waals surface area (Å²) in [6.07, 6.45) is 2.92. The average Bonchev–Trinajstić information content (AvgIpc) is 3.52. The first-order valence-corrected chi connectivity index (χ1v) is 11.5. The number of rotatable bonds is 4. The van der Waals surface area contributed by atoms with Crippen molar-refractivity contribution >= 4 is 5.97 Å². The third-order valence-electron chi connectivity index (χ3n) is 8.30. The monoisotopic (exact) mass is 437 g/mol. The molecule has 4 heterocycles. The molecule has 2 aliphatic carbocycles. The summed E-state index contributed by atoms with van der Waals surface area (Å²) < 4.78 is 16.1. The third-order valence-corrected chi connectivity index (χ3v) is 8.30. The van der Waals surface area contributed by atoms with Gasteiger partial charge in [0.05, 0.1) is 37.0 Å². The second-order valence-electron chi connectivity index (χ2n) is 9.24. The Kier molecular flexibility index (Phi) is 4.06. The number of para-hydroxylation sites is 1. The van der Waals surface area contributed by atoms with Crippen molar-refractivity contribution in [3.63, 3.8) is 0 Å². The number of ether oxygens (including phenoxy) is 2. The number of carbonyl (C=O) groups is 1. The van der Waals surface area contributed by atoms with E-state index in [1.165, 1.54) is 4.57 Å². The van der Waals surface area contributed by atoms with Gasteiger partial charge in [0.2, 0.25) is 0 Å². The molecular formula is C24H27N3O5. The molecule has 1 aromatic carbocycles. The molecule has 1 spiro atoms. The van der Waals surface area contributed by atoms with E-state index < -0.39 is 22.7 Å². The Hall–Kier alpha value is -2.87. The fraction of sp³-hybridized carbons (Fsp3) is 0.542. The minimum absolute atomic E-state index is 0.0920. The molecular weight excluding hydrogens is 410 g/mol. The summed E-state index contributed by atoms with van der Waals surface area (Å²) in [7, 11) is 0. The summed E-state index contributed by atoms with van der Waals surface area (Å²) >= 11 is 0. The smallest absolute Gasteiger partial charge is 0.352 e. The molecule has 1 saturated carbocycles. The number of nitrogens with zero attached hydrogens (tertiary/aromatic N) is 3. The molecule has 1 fully saturated rings. The van der Waals surface area contributed by atoms with E-state index in [4.69, 9.17) is 9.47 Å². The van der Waals surface area contributed by atoms with Crippen LogP contribution in [-0.2, 0) is 25.3 Å². The van der Waals surface area contributed by atoms with Crippen molar-refractivity contribution in [2.75, 3.05) is 19.8 Å². The van der Waals surface area contributed by atoms with Crippen LogP contribution < -0.4 is 11.4 Å². The Bertz CT molecular complexity index is 1270. The molecule has 8 nitrogen and oxygen atoms in total. The molecule has 0 unspecified atom stereocenters. The van der Waals surface area contributed by atoms with Gasteiger partial charge in [0.15, 0.2) is 0 Å². The van der Waals surface area contributed by atoms with E-state index in [1.807, 2.05) is 25.1 Å². The lowest BCUT2D eigenvalue weighted by atomic mass is 9.55. The van der Waals surface area contributed by atoms with E-state index in [-0.39, 0.29) is 24.2 Å². The van der Waals surface area contributed by atoms with Crippen molar-refractivity contribution in [2.24, 2.45) is 11.8 Å². The number of hydrogen-bond donors (Lipinski definition) is 0. The van der Waals surface area contributed by atoms with Gasteiger partial charge >= 0.3 is 17.3 Å². The molecule has 1 aromatic heterocycles. The zero-order valence-corrected chi connectivity index (χ0v) is 18.4. The van der Waals surface area contributed by atoms with Gasteiger partial charge in [0.1, 0.15) is 5.54 Å². The highest BCUT2D eigenvalue weighted by Gasteiger charge is 2.71. The predicted octanol–water partition coefficient (Wildman–Crippen LogP) is 1.93. The van der Waals surface area contributed by atoms with Gasteiger partial charge in [-0.05, 0) is 49.5 Å². The van der Waals surface area contributed by atoms with Crippen LogP contribution in [0.5, 0.6) is 0 Å². The zero-order valence-electron chi connectivity index (χ0n) is 18.4. The minimum Gasteiger partial charge on any atom is -0.466 e. The SMILES string of the molecule is CCOC(=O)[C@H]1[C@@H]2CCC[C@@]23C2=C(COC2)[C@@]1(CC)n1c(=O)n(-c2ccccc2)c(=O)n13. The van der Waals surface area contributed by atoms with Gasteiger partial charge in [-0.1, -0.05) is 31.5 Å². The second-order valence-corrected chi connectivity index (χ2v) is 9.24. The average molecular weight is 437 g/mol. The Morgan fingerprint density at radius 1 is 1.09 bits per heavy atom. The van der Waals surface area contributed by atoms with Gasteiger partial charge in [-0.2, -0.15) is 0 Å². The van der Waals surface area contributed by atoms with Crippen molar-refractivity contribution in [3.8, 4) is 5.69 Å². The molecule has 2 aromatic rings. The van der Waals surface area contributed by atoms with Crippen LogP contribution in [0.15, 0.2) is 51.1 Å². The van der Waals surface area contributed by atoms with Crippen LogP contribution in [0.3, 0.4) is 0 Å². The van der Waals surface area contributed by atoms with Gasteiger partial charge in [0.25, 0.3) is 0 Å². The third kappa shape index (κ3) is 2.00. The second kappa shape index (κ2) is 6.57. The van der Waals surface area contributed by atoms with Crippen LogP contribution in [-0.4, -0.2) is 39.7 Å². The molecule has 4 atom stereocenters. The highest BCUT2D eigenvalue weighted by atomic mass is 16.5. The number of aromatic nitrogens is 3. The summed E-state index contributed by atoms with van der Waals surface area (Å²) in [5.41, 5.74) is 0.240. The topological polar surface area (TPSA) is 84.5 Å². The molecule has 0 N–H and O–H groups in total. The molecule has 0 saturated heterocycles. The maximum Gasteiger partial charge on any atom is 0.352 e. The lowest BCUT2D eigenvalue weighted by Crippen LogP contribution is -2.70. The largest absolute Gasteiger partial charge is 0.466 e. The summed E-state index contributed by atoms with van der Waals surface area (Å²) in [6.45, 7) is 4.90. The lowest BCUT2D eigenvalue weighted by Gasteiger charge is -2.59. The normalized spacial score (nSPS) is 32.1. The first-order chi connectivity index (χ1) is 15.5. The van der Waals surface area contributed by atoms with Crippen LogP contribution in [0.25, 0.3) is 5.69 Å². The van der Waals surface area contributed by atoms with Crippen molar-refractivity contribution in [1.29, 1.82) is 0 Å². The van der Waals surface area contributed by atoms with Crippen LogP contribution in [0.2, 0.25) is 0 Å². The van der Waals surface area contributed by atoms with Crippen molar-refractivity contribution in [1.82, 2.24) is 13.9 Å². The molecule has 32 heavy (non-hydrogen) atoms. The highest BCUT2D eigenvalue weighted by molar-refractivity contribution is 5.77. The van der Waals surface area contributed by atoms with Crippen LogP contribution in [0, 0.1) is 11.8 Å². The summed E-state index contributed by atoms with van der Waals surface area (Å²) in [6, 6.07) is 9.03. The Labute approximate surface area is 185 Å². The zero-order chi connectivity index (χ0) is 22.3. The molecule has 7 rings (SSSR count). The lowest BCUT2D eigenvalue weighted by molar-refractivity contribution is -0.163. The highest BCUT2D eigenvalue weighted by Crippen LogP contribution is 2.65. The minimum atomic E-state index is -0.953. The number of esters is 1. The Morgan fingerprint density at radius 3 is 2.53 bits per heavy atom. The number of hydrogen-bond acceptors (Lipinski definition) is 5. The van der Waals surface area contributed by atoms with Crippen molar-refractivity contribution < 1.29 is 14.3 Å². The Morgan fingerprint density at radius 2 is 1.81 bits per heavy atom. The summed E-state index contributed by atoms with van der Waals surface area (Å²) in [5.74, 6) is -0.882. The van der Waals surface area contributed by atoms with E-state index >= 15 is 0 Å². The van der Waals surface area contributed by atoms with E-state index in [1.54, 1.807) is 28.4 Å². The van der Waals surface area contributed by atoms with Crippen LogP contribution >= 0.6 is 0 Å². The van der Waals surface area contributed by atoms with E-state index in [9.17, 15) is 14.4 Å². The molecule has 8 heteroatoms. The van der Waals surface area contributed by atoms with Crippen LogP contribution in [0.1, 0.15) is 39.5 Å². The van der Waals surface area contributed by atoms with Gasteiger partial charge in [-0.3, -0.25) is 4.79 Å². The maximum absolute atomic E-state index is 14.0. The summed E-state index contributed by atoms with van der Waals surface area (Å²) in [4.78, 5) is 41.4. The van der Waals surface area contributed by atoms with E-state index in [0.717, 1.165) is 24.0 Å².